The van der Waals surface area contributed by atoms with Gasteiger partial charge in [-0.1, -0.05) is 13.8 Å². The number of aryl methyl sites for hydroxylation is 1. The molecule has 0 atom stereocenters. The monoisotopic (exact) mass is 299 g/mol. The Balaban J connectivity index is 2.26. The van der Waals surface area contributed by atoms with E-state index in [4.69, 9.17) is 4.98 Å². The molecule has 2 aromatic heterocycles. The van der Waals surface area contributed by atoms with Gasteiger partial charge in [0, 0.05) is 31.5 Å². The molecule has 0 unspecified atom stereocenters. The summed E-state index contributed by atoms with van der Waals surface area (Å²) < 4.78 is 1.77. The average molecular weight is 299 g/mol. The lowest BCUT2D eigenvalue weighted by molar-refractivity contribution is 0.573. The van der Waals surface area contributed by atoms with Crippen LogP contribution < -0.4 is 10.5 Å². The van der Waals surface area contributed by atoms with Crippen LogP contribution in [0.4, 0.5) is 5.82 Å². The highest BCUT2D eigenvalue weighted by Crippen LogP contribution is 2.28. The second kappa shape index (κ2) is 6.11. The largest absolute Gasteiger partial charge is 0.356 e. The second-order valence-electron chi connectivity index (χ2n) is 6.44. The Morgan fingerprint density at radius 2 is 1.95 bits per heavy atom. The Bertz CT molecular complexity index is 727. The van der Waals surface area contributed by atoms with E-state index >= 15 is 0 Å². The topological polar surface area (TPSA) is 38.1 Å². The van der Waals surface area contributed by atoms with Crippen LogP contribution in [0.2, 0.25) is 0 Å². The van der Waals surface area contributed by atoms with Crippen molar-refractivity contribution < 1.29 is 0 Å². The maximum absolute atomic E-state index is 12.8. The number of nitrogens with zero attached hydrogens (tertiary/aromatic N) is 3. The van der Waals surface area contributed by atoms with E-state index in [2.05, 4.69) is 30.9 Å². The van der Waals surface area contributed by atoms with Crippen LogP contribution in [0.3, 0.4) is 0 Å². The summed E-state index contributed by atoms with van der Waals surface area (Å²) in [6, 6.07) is 4.14. The maximum Gasteiger partial charge on any atom is 0.262 e. The van der Waals surface area contributed by atoms with Crippen LogP contribution in [0, 0.1) is 0 Å². The van der Waals surface area contributed by atoms with Gasteiger partial charge < -0.3 is 9.47 Å². The highest BCUT2D eigenvalue weighted by Gasteiger charge is 2.19. The summed E-state index contributed by atoms with van der Waals surface area (Å²) in [4.78, 5) is 20.0. The highest BCUT2D eigenvalue weighted by molar-refractivity contribution is 5.92. The summed E-state index contributed by atoms with van der Waals surface area (Å²) in [6.45, 7) is 9.01. The predicted molar refractivity (Wildman–Crippen MR) is 91.8 cm³/mol. The molecule has 0 saturated carbocycles. The molecule has 3 heterocycles. The van der Waals surface area contributed by atoms with Gasteiger partial charge in [-0.15, -0.1) is 0 Å². The minimum absolute atomic E-state index is 0.0865. The highest BCUT2D eigenvalue weighted by atomic mass is 16.1. The van der Waals surface area contributed by atoms with Crippen molar-refractivity contribution in [2.75, 3.05) is 18.0 Å². The zero-order chi connectivity index (χ0) is 15.7. The third kappa shape index (κ3) is 2.62. The van der Waals surface area contributed by atoms with Gasteiger partial charge in [-0.05, 0) is 49.6 Å². The molecule has 1 saturated heterocycles. The molecule has 0 N–H and O–H groups in total. The van der Waals surface area contributed by atoms with Gasteiger partial charge in [0.25, 0.3) is 5.56 Å². The third-order valence-electron chi connectivity index (χ3n) is 4.55. The number of hydrogen-bond donors (Lipinski definition) is 0. The number of piperidine rings is 1. The first kappa shape index (κ1) is 15.1. The van der Waals surface area contributed by atoms with Crippen molar-refractivity contribution in [3.8, 4) is 0 Å². The van der Waals surface area contributed by atoms with Crippen molar-refractivity contribution in [3.63, 3.8) is 0 Å². The molecule has 22 heavy (non-hydrogen) atoms. The molecule has 0 aliphatic carbocycles. The Kier molecular flexibility index (Phi) is 4.19. The number of aromatic nitrogens is 2. The summed E-state index contributed by atoms with van der Waals surface area (Å²) in [5, 5.41) is 1.81. The Labute approximate surface area is 131 Å². The van der Waals surface area contributed by atoms with Gasteiger partial charge in [0.05, 0.1) is 5.39 Å². The van der Waals surface area contributed by atoms with Crippen LogP contribution in [-0.2, 0) is 6.54 Å². The molecule has 2 aromatic rings. The molecule has 1 fully saturated rings. The van der Waals surface area contributed by atoms with Crippen LogP contribution in [0.25, 0.3) is 10.8 Å². The molecule has 0 spiro atoms. The quantitative estimate of drug-likeness (QED) is 0.870. The Morgan fingerprint density at radius 3 is 2.59 bits per heavy atom. The lowest BCUT2D eigenvalue weighted by Gasteiger charge is -2.29. The first-order valence-electron chi connectivity index (χ1n) is 8.41. The number of anilines is 1. The van der Waals surface area contributed by atoms with Gasteiger partial charge in [-0.25, -0.2) is 4.98 Å². The van der Waals surface area contributed by atoms with E-state index in [1.54, 1.807) is 4.57 Å². The van der Waals surface area contributed by atoms with Crippen molar-refractivity contribution in [1.82, 2.24) is 9.55 Å². The molecule has 1 aliphatic heterocycles. The first-order valence-corrected chi connectivity index (χ1v) is 8.41. The molecular weight excluding hydrogens is 274 g/mol. The molecule has 118 valence electrons. The number of rotatable bonds is 3. The van der Waals surface area contributed by atoms with Gasteiger partial charge >= 0.3 is 0 Å². The lowest BCUT2D eigenvalue weighted by Crippen LogP contribution is -2.32. The van der Waals surface area contributed by atoms with Gasteiger partial charge in [0.1, 0.15) is 5.82 Å². The van der Waals surface area contributed by atoms with E-state index in [0.29, 0.717) is 12.5 Å². The molecule has 0 radical (unpaired) electrons. The Morgan fingerprint density at radius 1 is 1.23 bits per heavy atom. The van der Waals surface area contributed by atoms with Gasteiger partial charge in [0.15, 0.2) is 0 Å². The minimum Gasteiger partial charge on any atom is -0.356 e. The van der Waals surface area contributed by atoms with Crippen LogP contribution in [-0.4, -0.2) is 22.6 Å². The van der Waals surface area contributed by atoms with E-state index in [1.165, 1.54) is 19.3 Å². The van der Waals surface area contributed by atoms with E-state index < -0.39 is 0 Å². The van der Waals surface area contributed by atoms with Crippen LogP contribution >= 0.6 is 0 Å². The normalized spacial score (nSPS) is 15.7. The van der Waals surface area contributed by atoms with Crippen LogP contribution in [0.5, 0.6) is 0 Å². The fourth-order valence-corrected chi connectivity index (χ4v) is 3.18. The van der Waals surface area contributed by atoms with Crippen LogP contribution in [0.15, 0.2) is 23.1 Å². The fourth-order valence-electron chi connectivity index (χ4n) is 3.18. The summed E-state index contributed by atoms with van der Waals surface area (Å²) in [7, 11) is 0. The molecule has 4 heteroatoms. The smallest absolute Gasteiger partial charge is 0.262 e. The summed E-state index contributed by atoms with van der Waals surface area (Å²) in [5.74, 6) is 1.26. The lowest BCUT2D eigenvalue weighted by atomic mass is 10.0. The van der Waals surface area contributed by atoms with Crippen molar-refractivity contribution in [1.29, 1.82) is 0 Å². The van der Waals surface area contributed by atoms with Crippen molar-refractivity contribution in [2.45, 2.75) is 52.5 Å². The summed E-state index contributed by atoms with van der Waals surface area (Å²) >= 11 is 0. The zero-order valence-corrected chi connectivity index (χ0v) is 13.8. The van der Waals surface area contributed by atoms with E-state index in [-0.39, 0.29) is 5.56 Å². The molecule has 3 rings (SSSR count). The summed E-state index contributed by atoms with van der Waals surface area (Å²) in [6.07, 6.45) is 5.54. The van der Waals surface area contributed by atoms with Crippen molar-refractivity contribution >= 4 is 16.6 Å². The van der Waals surface area contributed by atoms with Gasteiger partial charge in [-0.2, -0.15) is 0 Å². The molecule has 0 bridgehead atoms. The minimum atomic E-state index is 0.0865. The van der Waals surface area contributed by atoms with Crippen LogP contribution in [0.1, 0.15) is 51.6 Å². The summed E-state index contributed by atoms with van der Waals surface area (Å²) in [5.41, 5.74) is 1.16. The molecule has 4 nitrogen and oxygen atoms in total. The average Bonchev–Trinajstić information content (AvgIpc) is 2.55. The molecular formula is C18H25N3O. The van der Waals surface area contributed by atoms with Crippen molar-refractivity contribution in [2.24, 2.45) is 0 Å². The molecule has 0 aromatic carbocycles. The predicted octanol–water partition coefficient (Wildman–Crippen LogP) is 3.53. The maximum atomic E-state index is 12.8. The number of hydrogen-bond acceptors (Lipinski definition) is 3. The molecule has 0 amide bonds. The SMILES string of the molecule is CCn1ccc2cc(C(C)C)nc(N3CCCCC3)c2c1=O. The number of fused-ring (bicyclic) bond motifs is 1. The Hall–Kier alpha value is -1.84. The standard InChI is InChI=1S/C18H25N3O/c1-4-20-11-8-14-12-15(13(2)3)19-17(16(14)18(20)22)21-9-6-5-7-10-21/h8,11-13H,4-7,9-10H2,1-3H3. The second-order valence-corrected chi connectivity index (χ2v) is 6.44. The molecule has 1 aliphatic rings. The van der Waals surface area contributed by atoms with E-state index in [9.17, 15) is 4.79 Å². The van der Waals surface area contributed by atoms with Crippen molar-refractivity contribution in [3.05, 3.63) is 34.4 Å². The first-order chi connectivity index (χ1) is 10.6. The van der Waals surface area contributed by atoms with Gasteiger partial charge in [0.2, 0.25) is 0 Å². The fraction of sp³-hybridized carbons (Fsp3) is 0.556. The van der Waals surface area contributed by atoms with E-state index in [1.807, 2.05) is 13.1 Å². The zero-order valence-electron chi connectivity index (χ0n) is 13.8. The van der Waals surface area contributed by atoms with Gasteiger partial charge in [-0.3, -0.25) is 4.79 Å². The number of pyridine rings is 2. The van der Waals surface area contributed by atoms with E-state index in [0.717, 1.165) is 35.4 Å². The third-order valence-corrected chi connectivity index (χ3v) is 4.55.